The second-order valence-electron chi connectivity index (χ2n) is 6.73. The number of hydrogen-bond donors (Lipinski definition) is 2. The minimum Gasteiger partial charge on any atom is -0.396 e. The molecule has 2 atom stereocenters. The Kier molecular flexibility index (Phi) is 5.79. The molecule has 0 saturated carbocycles. The fourth-order valence-electron chi connectivity index (χ4n) is 3.28. The summed E-state index contributed by atoms with van der Waals surface area (Å²) in [6.45, 7) is 5.20. The summed E-state index contributed by atoms with van der Waals surface area (Å²) in [6, 6.07) is 18.9. The first-order valence-electron chi connectivity index (χ1n) is 8.91. The number of rotatable bonds is 7. The summed E-state index contributed by atoms with van der Waals surface area (Å²) in [6.07, 6.45) is 2.75. The molecular weight excluding hydrogens is 308 g/mol. The highest BCUT2D eigenvalue weighted by atomic mass is 16.3. The molecule has 2 unspecified atom stereocenters. The van der Waals surface area contributed by atoms with Crippen molar-refractivity contribution in [2.45, 2.75) is 26.3 Å². The van der Waals surface area contributed by atoms with Crippen molar-refractivity contribution in [1.29, 1.82) is 0 Å². The van der Waals surface area contributed by atoms with Crippen molar-refractivity contribution in [1.82, 2.24) is 10.3 Å². The number of nitrogens with one attached hydrogen (secondary N) is 1. The van der Waals surface area contributed by atoms with E-state index in [-0.39, 0.29) is 18.6 Å². The van der Waals surface area contributed by atoms with Crippen LogP contribution >= 0.6 is 0 Å². The topological polar surface area (TPSA) is 45.1 Å². The van der Waals surface area contributed by atoms with Gasteiger partial charge in [-0.1, -0.05) is 48.5 Å². The van der Waals surface area contributed by atoms with Gasteiger partial charge in [-0.15, -0.1) is 0 Å². The maximum Gasteiger partial charge on any atom is 0.0648 e. The molecule has 0 fully saturated rings. The van der Waals surface area contributed by atoms with Crippen molar-refractivity contribution in [3.05, 3.63) is 77.6 Å². The highest BCUT2D eigenvalue weighted by Crippen LogP contribution is 2.22. The monoisotopic (exact) mass is 334 g/mol. The Morgan fingerprint density at radius 3 is 2.60 bits per heavy atom. The van der Waals surface area contributed by atoms with E-state index in [1.807, 2.05) is 18.3 Å². The van der Waals surface area contributed by atoms with Crippen LogP contribution in [0.25, 0.3) is 10.8 Å². The Balaban J connectivity index is 1.68. The standard InChI is InChI=1S/C22H26N2O/c1-16-7-3-4-9-20(16)13-18(15-25)14-24-17(2)22-21-10-6-5-8-19(21)11-12-23-22/h3-12,17-18,24-25H,13-15H2,1-2H3. The van der Waals surface area contributed by atoms with Crippen molar-refractivity contribution in [3.63, 3.8) is 0 Å². The van der Waals surface area contributed by atoms with Crippen LogP contribution in [0.1, 0.15) is 29.8 Å². The largest absolute Gasteiger partial charge is 0.396 e. The molecule has 2 aromatic carbocycles. The van der Waals surface area contributed by atoms with E-state index in [1.54, 1.807) is 0 Å². The maximum absolute atomic E-state index is 9.78. The van der Waals surface area contributed by atoms with Crippen LogP contribution in [0, 0.1) is 12.8 Å². The first kappa shape index (κ1) is 17.6. The molecule has 2 N–H and O–H groups in total. The molecule has 0 bridgehead atoms. The van der Waals surface area contributed by atoms with Crippen LogP contribution in [0.2, 0.25) is 0 Å². The molecule has 0 aliphatic heterocycles. The summed E-state index contributed by atoms with van der Waals surface area (Å²) < 4.78 is 0. The lowest BCUT2D eigenvalue weighted by Crippen LogP contribution is -2.29. The van der Waals surface area contributed by atoms with E-state index < -0.39 is 0 Å². The lowest BCUT2D eigenvalue weighted by atomic mass is 9.96. The van der Waals surface area contributed by atoms with Crippen molar-refractivity contribution in [2.75, 3.05) is 13.2 Å². The number of fused-ring (bicyclic) bond motifs is 1. The number of aliphatic hydroxyl groups excluding tert-OH is 1. The first-order chi connectivity index (χ1) is 12.2. The molecule has 3 aromatic rings. The fraction of sp³-hybridized carbons (Fsp3) is 0.318. The van der Waals surface area contributed by atoms with E-state index in [0.29, 0.717) is 0 Å². The number of nitrogens with zero attached hydrogens (tertiary/aromatic N) is 1. The van der Waals surface area contributed by atoms with Crippen LogP contribution < -0.4 is 5.32 Å². The predicted molar refractivity (Wildman–Crippen MR) is 104 cm³/mol. The van der Waals surface area contributed by atoms with Gasteiger partial charge in [0, 0.05) is 30.8 Å². The van der Waals surface area contributed by atoms with Crippen LogP contribution in [0.15, 0.2) is 60.8 Å². The van der Waals surface area contributed by atoms with E-state index in [9.17, 15) is 5.11 Å². The van der Waals surface area contributed by atoms with Crippen molar-refractivity contribution < 1.29 is 5.11 Å². The molecule has 0 radical (unpaired) electrons. The molecule has 3 nitrogen and oxygen atoms in total. The predicted octanol–water partition coefficient (Wildman–Crippen LogP) is 4.05. The highest BCUT2D eigenvalue weighted by molar-refractivity contribution is 5.84. The zero-order valence-corrected chi connectivity index (χ0v) is 14.9. The quantitative estimate of drug-likeness (QED) is 0.685. The zero-order valence-electron chi connectivity index (χ0n) is 14.9. The van der Waals surface area contributed by atoms with Gasteiger partial charge >= 0.3 is 0 Å². The van der Waals surface area contributed by atoms with E-state index >= 15 is 0 Å². The summed E-state index contributed by atoms with van der Waals surface area (Å²) in [5, 5.41) is 15.7. The molecule has 3 heteroatoms. The molecule has 0 saturated heterocycles. The molecule has 0 spiro atoms. The fourth-order valence-corrected chi connectivity index (χ4v) is 3.28. The van der Waals surface area contributed by atoms with Gasteiger partial charge in [0.05, 0.1) is 5.69 Å². The Morgan fingerprint density at radius 2 is 1.80 bits per heavy atom. The molecule has 1 aromatic heterocycles. The Labute approximate surface area is 149 Å². The summed E-state index contributed by atoms with van der Waals surface area (Å²) in [5.41, 5.74) is 3.65. The maximum atomic E-state index is 9.78. The van der Waals surface area contributed by atoms with Gasteiger partial charge in [-0.25, -0.2) is 0 Å². The van der Waals surface area contributed by atoms with Crippen LogP contribution in [-0.2, 0) is 6.42 Å². The van der Waals surface area contributed by atoms with Crippen molar-refractivity contribution >= 4 is 10.8 Å². The third-order valence-corrected chi connectivity index (χ3v) is 4.86. The van der Waals surface area contributed by atoms with Gasteiger partial charge in [-0.2, -0.15) is 0 Å². The third kappa shape index (κ3) is 4.25. The molecule has 130 valence electrons. The Hall–Kier alpha value is -2.23. The number of benzene rings is 2. The zero-order chi connectivity index (χ0) is 17.6. The normalized spacial score (nSPS) is 13.7. The lowest BCUT2D eigenvalue weighted by Gasteiger charge is -2.20. The highest BCUT2D eigenvalue weighted by Gasteiger charge is 2.14. The number of pyridine rings is 1. The summed E-state index contributed by atoms with van der Waals surface area (Å²) in [4.78, 5) is 4.58. The van der Waals surface area contributed by atoms with E-state index in [0.717, 1.165) is 18.7 Å². The minimum atomic E-state index is 0.136. The minimum absolute atomic E-state index is 0.136. The second-order valence-corrected chi connectivity index (χ2v) is 6.73. The smallest absolute Gasteiger partial charge is 0.0648 e. The SMILES string of the molecule is Cc1ccccc1CC(CO)CNC(C)c1nccc2ccccc12. The second kappa shape index (κ2) is 8.24. The molecule has 0 aliphatic rings. The molecule has 25 heavy (non-hydrogen) atoms. The van der Waals surface area contributed by atoms with Gasteiger partial charge in [-0.05, 0) is 48.8 Å². The molecule has 1 heterocycles. The number of aliphatic hydroxyl groups is 1. The van der Waals surface area contributed by atoms with Crippen LogP contribution in [-0.4, -0.2) is 23.2 Å². The molecule has 3 rings (SSSR count). The molecule has 0 amide bonds. The summed E-state index contributed by atoms with van der Waals surface area (Å²) in [5.74, 6) is 0.193. The lowest BCUT2D eigenvalue weighted by molar-refractivity contribution is 0.218. The Bertz CT molecular complexity index is 826. The summed E-state index contributed by atoms with van der Waals surface area (Å²) >= 11 is 0. The van der Waals surface area contributed by atoms with E-state index in [4.69, 9.17) is 0 Å². The van der Waals surface area contributed by atoms with Gasteiger partial charge < -0.3 is 10.4 Å². The average Bonchev–Trinajstić information content (AvgIpc) is 2.65. The van der Waals surface area contributed by atoms with Crippen LogP contribution in [0.4, 0.5) is 0 Å². The molecular formula is C22H26N2O. The van der Waals surface area contributed by atoms with Crippen LogP contribution in [0.3, 0.4) is 0 Å². The molecule has 0 aliphatic carbocycles. The number of hydrogen-bond acceptors (Lipinski definition) is 3. The van der Waals surface area contributed by atoms with E-state index in [1.165, 1.54) is 21.9 Å². The number of aromatic nitrogens is 1. The van der Waals surface area contributed by atoms with Crippen LogP contribution in [0.5, 0.6) is 0 Å². The average molecular weight is 334 g/mol. The summed E-state index contributed by atoms with van der Waals surface area (Å²) in [7, 11) is 0. The van der Waals surface area contributed by atoms with Gasteiger partial charge in [0.15, 0.2) is 0 Å². The van der Waals surface area contributed by atoms with Gasteiger partial charge in [-0.3, -0.25) is 4.98 Å². The van der Waals surface area contributed by atoms with Gasteiger partial charge in [0.2, 0.25) is 0 Å². The number of aryl methyl sites for hydroxylation is 1. The van der Waals surface area contributed by atoms with Gasteiger partial charge in [0.25, 0.3) is 0 Å². The van der Waals surface area contributed by atoms with Crippen molar-refractivity contribution in [2.24, 2.45) is 5.92 Å². The van der Waals surface area contributed by atoms with E-state index in [2.05, 4.69) is 66.6 Å². The van der Waals surface area contributed by atoms with Crippen molar-refractivity contribution in [3.8, 4) is 0 Å². The van der Waals surface area contributed by atoms with Gasteiger partial charge in [0.1, 0.15) is 0 Å². The first-order valence-corrected chi connectivity index (χ1v) is 8.91. The third-order valence-electron chi connectivity index (χ3n) is 4.86. The Morgan fingerprint density at radius 1 is 1.04 bits per heavy atom.